The largest absolute Gasteiger partial charge is 0.392 e. The SMILES string of the molecule is CCC1COC(C)CN1c1nc2ccccc2cc1CO. The van der Waals surface area contributed by atoms with Crippen molar-refractivity contribution in [2.24, 2.45) is 0 Å². The number of aromatic nitrogens is 1. The lowest BCUT2D eigenvalue weighted by atomic mass is 10.1. The molecule has 0 bridgehead atoms. The number of fused-ring (bicyclic) bond motifs is 1. The molecule has 112 valence electrons. The predicted octanol–water partition coefficient (Wildman–Crippen LogP) is 2.73. The summed E-state index contributed by atoms with van der Waals surface area (Å²) in [5.74, 6) is 0.901. The van der Waals surface area contributed by atoms with Gasteiger partial charge in [-0.25, -0.2) is 4.98 Å². The molecule has 1 N–H and O–H groups in total. The molecule has 0 aliphatic carbocycles. The van der Waals surface area contributed by atoms with Crippen LogP contribution in [-0.4, -0.2) is 35.4 Å². The van der Waals surface area contributed by atoms with E-state index in [1.165, 1.54) is 0 Å². The van der Waals surface area contributed by atoms with Gasteiger partial charge in [0.15, 0.2) is 0 Å². The molecule has 4 heteroatoms. The fourth-order valence-electron chi connectivity index (χ4n) is 2.96. The fraction of sp³-hybridized carbons (Fsp3) is 0.471. The monoisotopic (exact) mass is 286 g/mol. The lowest BCUT2D eigenvalue weighted by Crippen LogP contribution is -2.49. The summed E-state index contributed by atoms with van der Waals surface area (Å²) in [6.07, 6.45) is 1.19. The molecule has 0 amide bonds. The maximum atomic E-state index is 9.74. The Bertz CT molecular complexity index is 629. The molecule has 0 spiro atoms. The summed E-state index contributed by atoms with van der Waals surface area (Å²) in [5.41, 5.74) is 1.86. The first kappa shape index (κ1) is 14.3. The number of pyridine rings is 1. The molecule has 1 aliphatic heterocycles. The van der Waals surface area contributed by atoms with Crippen LogP contribution in [0.15, 0.2) is 30.3 Å². The second-order valence-corrected chi connectivity index (χ2v) is 5.68. The standard InChI is InChI=1S/C17H22N2O2/c1-3-15-11-21-12(2)9-19(15)17-14(10-20)8-13-6-4-5-7-16(13)18-17/h4-8,12,15,20H,3,9-11H2,1-2H3. The number of aliphatic hydroxyl groups excluding tert-OH is 1. The van der Waals surface area contributed by atoms with Gasteiger partial charge in [-0.05, 0) is 25.5 Å². The van der Waals surface area contributed by atoms with Crippen LogP contribution in [0.3, 0.4) is 0 Å². The van der Waals surface area contributed by atoms with Gasteiger partial charge in [0.2, 0.25) is 0 Å². The number of ether oxygens (including phenoxy) is 1. The molecule has 1 aromatic carbocycles. The third kappa shape index (κ3) is 2.74. The first-order chi connectivity index (χ1) is 10.2. The zero-order chi connectivity index (χ0) is 14.8. The van der Waals surface area contributed by atoms with Gasteiger partial charge in [0.05, 0.1) is 30.9 Å². The third-order valence-electron chi connectivity index (χ3n) is 4.16. The van der Waals surface area contributed by atoms with Crippen molar-refractivity contribution in [1.82, 2.24) is 4.98 Å². The van der Waals surface area contributed by atoms with Crippen molar-refractivity contribution >= 4 is 16.7 Å². The Kier molecular flexibility index (Phi) is 4.08. The Hall–Kier alpha value is -1.65. The minimum absolute atomic E-state index is 0.00927. The molecule has 1 aliphatic rings. The Morgan fingerprint density at radius 2 is 2.19 bits per heavy atom. The van der Waals surface area contributed by atoms with Crippen LogP contribution in [0.5, 0.6) is 0 Å². The van der Waals surface area contributed by atoms with Crippen molar-refractivity contribution < 1.29 is 9.84 Å². The summed E-state index contributed by atoms with van der Waals surface area (Å²) < 4.78 is 5.76. The molecule has 2 unspecified atom stereocenters. The number of hydrogen-bond donors (Lipinski definition) is 1. The van der Waals surface area contributed by atoms with Crippen molar-refractivity contribution in [3.63, 3.8) is 0 Å². The number of benzene rings is 1. The highest BCUT2D eigenvalue weighted by Crippen LogP contribution is 2.28. The molecular weight excluding hydrogens is 264 g/mol. The van der Waals surface area contributed by atoms with Crippen LogP contribution in [-0.2, 0) is 11.3 Å². The number of anilines is 1. The smallest absolute Gasteiger partial charge is 0.135 e. The summed E-state index contributed by atoms with van der Waals surface area (Å²) in [4.78, 5) is 7.11. The molecule has 21 heavy (non-hydrogen) atoms. The molecule has 0 radical (unpaired) electrons. The number of nitrogens with zero attached hydrogens (tertiary/aromatic N) is 2. The summed E-state index contributed by atoms with van der Waals surface area (Å²) >= 11 is 0. The van der Waals surface area contributed by atoms with E-state index in [2.05, 4.69) is 18.7 Å². The number of aliphatic hydroxyl groups is 1. The zero-order valence-corrected chi connectivity index (χ0v) is 12.6. The van der Waals surface area contributed by atoms with Gasteiger partial charge in [0.1, 0.15) is 5.82 Å². The van der Waals surface area contributed by atoms with Crippen LogP contribution in [0.1, 0.15) is 25.8 Å². The van der Waals surface area contributed by atoms with E-state index in [1.54, 1.807) is 0 Å². The van der Waals surface area contributed by atoms with Gasteiger partial charge in [-0.2, -0.15) is 0 Å². The van der Waals surface area contributed by atoms with Crippen molar-refractivity contribution in [3.05, 3.63) is 35.9 Å². The topological polar surface area (TPSA) is 45.6 Å². The minimum Gasteiger partial charge on any atom is -0.392 e. The van der Waals surface area contributed by atoms with Gasteiger partial charge in [0.25, 0.3) is 0 Å². The van der Waals surface area contributed by atoms with E-state index in [1.807, 2.05) is 30.3 Å². The van der Waals surface area contributed by atoms with Gasteiger partial charge in [-0.15, -0.1) is 0 Å². The summed E-state index contributed by atoms with van der Waals surface area (Å²) in [6.45, 7) is 5.79. The molecule has 1 aromatic heterocycles. The van der Waals surface area contributed by atoms with Gasteiger partial charge >= 0.3 is 0 Å². The highest BCUT2D eigenvalue weighted by molar-refractivity contribution is 5.81. The number of morpholine rings is 1. The highest BCUT2D eigenvalue weighted by atomic mass is 16.5. The molecule has 3 rings (SSSR count). The van der Waals surface area contributed by atoms with E-state index in [9.17, 15) is 5.11 Å². The Balaban J connectivity index is 2.08. The molecule has 1 fully saturated rings. The number of hydrogen-bond acceptors (Lipinski definition) is 4. The molecule has 1 saturated heterocycles. The Morgan fingerprint density at radius 3 is 2.95 bits per heavy atom. The average molecular weight is 286 g/mol. The Morgan fingerprint density at radius 1 is 1.38 bits per heavy atom. The van der Waals surface area contributed by atoms with E-state index in [4.69, 9.17) is 9.72 Å². The first-order valence-electron chi connectivity index (χ1n) is 7.60. The lowest BCUT2D eigenvalue weighted by molar-refractivity contribution is 0.0295. The van der Waals surface area contributed by atoms with Crippen LogP contribution < -0.4 is 4.90 Å². The quantitative estimate of drug-likeness (QED) is 0.942. The van der Waals surface area contributed by atoms with E-state index in [-0.39, 0.29) is 12.7 Å². The van der Waals surface area contributed by atoms with Crippen LogP contribution in [0, 0.1) is 0 Å². The number of para-hydroxylation sites is 1. The lowest BCUT2D eigenvalue weighted by Gasteiger charge is -2.40. The summed E-state index contributed by atoms with van der Waals surface area (Å²) in [5, 5.41) is 10.8. The predicted molar refractivity (Wildman–Crippen MR) is 84.5 cm³/mol. The van der Waals surface area contributed by atoms with Crippen LogP contribution in [0.25, 0.3) is 10.9 Å². The van der Waals surface area contributed by atoms with Crippen molar-refractivity contribution in [1.29, 1.82) is 0 Å². The minimum atomic E-state index is 0.00927. The molecule has 0 saturated carbocycles. The molecule has 2 atom stereocenters. The zero-order valence-electron chi connectivity index (χ0n) is 12.6. The van der Waals surface area contributed by atoms with Gasteiger partial charge in [-0.3, -0.25) is 0 Å². The Labute approximate surface area is 125 Å². The van der Waals surface area contributed by atoms with Crippen LogP contribution >= 0.6 is 0 Å². The van der Waals surface area contributed by atoms with Crippen LogP contribution in [0.4, 0.5) is 5.82 Å². The summed E-state index contributed by atoms with van der Waals surface area (Å²) in [7, 11) is 0. The normalized spacial score (nSPS) is 22.7. The fourth-order valence-corrected chi connectivity index (χ4v) is 2.96. The molecular formula is C17H22N2O2. The molecule has 2 heterocycles. The maximum absolute atomic E-state index is 9.74. The van der Waals surface area contributed by atoms with E-state index >= 15 is 0 Å². The molecule has 4 nitrogen and oxygen atoms in total. The first-order valence-corrected chi connectivity index (χ1v) is 7.60. The summed E-state index contributed by atoms with van der Waals surface area (Å²) in [6, 6.07) is 10.4. The van der Waals surface area contributed by atoms with Crippen molar-refractivity contribution in [2.75, 3.05) is 18.1 Å². The van der Waals surface area contributed by atoms with Crippen LogP contribution in [0.2, 0.25) is 0 Å². The third-order valence-corrected chi connectivity index (χ3v) is 4.16. The van der Waals surface area contributed by atoms with Crippen molar-refractivity contribution in [3.8, 4) is 0 Å². The molecule has 2 aromatic rings. The average Bonchev–Trinajstić information content (AvgIpc) is 2.53. The second kappa shape index (κ2) is 6.00. The second-order valence-electron chi connectivity index (χ2n) is 5.68. The van der Waals surface area contributed by atoms with Gasteiger partial charge in [-0.1, -0.05) is 25.1 Å². The van der Waals surface area contributed by atoms with E-state index in [0.29, 0.717) is 6.04 Å². The van der Waals surface area contributed by atoms with E-state index < -0.39 is 0 Å². The maximum Gasteiger partial charge on any atom is 0.135 e. The van der Waals surface area contributed by atoms with Gasteiger partial charge < -0.3 is 14.7 Å². The van der Waals surface area contributed by atoms with Gasteiger partial charge in [0, 0.05) is 17.5 Å². The van der Waals surface area contributed by atoms with E-state index in [0.717, 1.165) is 41.9 Å². The van der Waals surface area contributed by atoms with Crippen molar-refractivity contribution in [2.45, 2.75) is 39.0 Å². The number of rotatable bonds is 3. The highest BCUT2D eigenvalue weighted by Gasteiger charge is 2.28.